The molecule has 2 saturated heterocycles. The predicted molar refractivity (Wildman–Crippen MR) is 80.5 cm³/mol. The second-order valence-electron chi connectivity index (χ2n) is 6.11. The average Bonchev–Trinajstić information content (AvgIpc) is 2.51. The molecule has 2 aliphatic rings. The molecule has 0 radical (unpaired) electrons. The Kier molecular flexibility index (Phi) is 3.70. The molecule has 2 unspecified atom stereocenters. The zero-order valence-electron chi connectivity index (χ0n) is 12.7. The normalized spacial score (nSPS) is 26.0. The minimum absolute atomic E-state index is 0.105. The molecule has 21 heavy (non-hydrogen) atoms. The van der Waals surface area contributed by atoms with Crippen molar-refractivity contribution in [2.24, 2.45) is 0 Å². The van der Waals surface area contributed by atoms with Gasteiger partial charge in [0.2, 0.25) is 11.8 Å². The number of carbonyl (C=O) groups is 2. The summed E-state index contributed by atoms with van der Waals surface area (Å²) in [4.78, 5) is 28.8. The minimum Gasteiger partial charge on any atom is -0.329 e. The van der Waals surface area contributed by atoms with Crippen LogP contribution >= 0.6 is 0 Å². The van der Waals surface area contributed by atoms with Gasteiger partial charge in [-0.1, -0.05) is 24.3 Å². The van der Waals surface area contributed by atoms with Crippen LogP contribution in [0.25, 0.3) is 0 Å². The van der Waals surface area contributed by atoms with Crippen LogP contribution in [0.15, 0.2) is 24.3 Å². The van der Waals surface area contributed by atoms with Crippen LogP contribution in [0.4, 0.5) is 0 Å². The van der Waals surface area contributed by atoms with E-state index >= 15 is 0 Å². The number of hydrogen-bond acceptors (Lipinski definition) is 2. The van der Waals surface area contributed by atoms with Crippen molar-refractivity contribution in [1.29, 1.82) is 0 Å². The molecule has 0 spiro atoms. The molecule has 1 aromatic carbocycles. The summed E-state index contributed by atoms with van der Waals surface area (Å²) in [5.41, 5.74) is 2.28. The fourth-order valence-corrected chi connectivity index (χ4v) is 3.39. The van der Waals surface area contributed by atoms with Crippen LogP contribution in [-0.2, 0) is 16.1 Å². The molecule has 2 atom stereocenters. The first kappa shape index (κ1) is 14.1. The molecular weight excluding hydrogens is 264 g/mol. The maximum atomic E-state index is 12.8. The molecule has 2 amide bonds. The zero-order chi connectivity index (χ0) is 15.0. The predicted octanol–water partition coefficient (Wildman–Crippen LogP) is 2.11. The maximum absolute atomic E-state index is 12.8. The third-order valence-electron chi connectivity index (χ3n) is 4.78. The lowest BCUT2D eigenvalue weighted by molar-refractivity contribution is -0.163. The summed E-state index contributed by atoms with van der Waals surface area (Å²) in [6.07, 6.45) is 2.86. The quantitative estimate of drug-likeness (QED) is 0.835. The largest absolute Gasteiger partial charge is 0.329 e. The fourth-order valence-electron chi connectivity index (χ4n) is 3.39. The van der Waals surface area contributed by atoms with Crippen molar-refractivity contribution in [3.63, 3.8) is 0 Å². The first-order valence-electron chi connectivity index (χ1n) is 7.75. The lowest BCUT2D eigenvalue weighted by atomic mass is 9.95. The highest BCUT2D eigenvalue weighted by Gasteiger charge is 2.44. The Morgan fingerprint density at radius 3 is 2.67 bits per heavy atom. The standard InChI is InChI=1S/C17H22N2O2/c1-12-7-3-4-8-14(12)11-19-13(2)16(20)18-10-6-5-9-15(18)17(19)21/h3-4,7-8,13,15H,5-6,9-11H2,1-2H3. The van der Waals surface area contributed by atoms with Crippen LogP contribution in [0.1, 0.15) is 37.3 Å². The third kappa shape index (κ3) is 2.43. The molecule has 4 heteroatoms. The highest BCUT2D eigenvalue weighted by molar-refractivity contribution is 5.96. The Balaban J connectivity index is 1.86. The van der Waals surface area contributed by atoms with E-state index in [4.69, 9.17) is 0 Å². The molecule has 112 valence electrons. The molecule has 0 N–H and O–H groups in total. The molecule has 0 saturated carbocycles. The summed E-state index contributed by atoms with van der Waals surface area (Å²) in [6, 6.07) is 7.47. The van der Waals surface area contributed by atoms with Crippen molar-refractivity contribution in [3.05, 3.63) is 35.4 Å². The van der Waals surface area contributed by atoms with Crippen molar-refractivity contribution < 1.29 is 9.59 Å². The number of carbonyl (C=O) groups excluding carboxylic acids is 2. The molecule has 0 bridgehead atoms. The SMILES string of the molecule is Cc1ccccc1CN1C(=O)C2CCCCN2C(=O)C1C. The van der Waals surface area contributed by atoms with Crippen LogP contribution in [0.5, 0.6) is 0 Å². The topological polar surface area (TPSA) is 40.6 Å². The number of hydrogen-bond donors (Lipinski definition) is 0. The Hall–Kier alpha value is -1.84. The summed E-state index contributed by atoms with van der Waals surface area (Å²) in [5, 5.41) is 0. The number of nitrogens with zero attached hydrogens (tertiary/aromatic N) is 2. The van der Waals surface area contributed by atoms with Gasteiger partial charge in [-0.3, -0.25) is 9.59 Å². The van der Waals surface area contributed by atoms with E-state index in [2.05, 4.69) is 0 Å². The highest BCUT2D eigenvalue weighted by atomic mass is 16.2. The number of fused-ring (bicyclic) bond motifs is 1. The van der Waals surface area contributed by atoms with Crippen molar-refractivity contribution in [2.75, 3.05) is 6.54 Å². The molecule has 1 aromatic rings. The molecule has 3 rings (SSSR count). The van der Waals surface area contributed by atoms with Gasteiger partial charge in [0.05, 0.1) is 0 Å². The number of rotatable bonds is 2. The first-order chi connectivity index (χ1) is 10.1. The molecular formula is C17H22N2O2. The monoisotopic (exact) mass is 286 g/mol. The van der Waals surface area contributed by atoms with E-state index in [0.29, 0.717) is 6.54 Å². The summed E-state index contributed by atoms with van der Waals surface area (Å²) in [7, 11) is 0. The smallest absolute Gasteiger partial charge is 0.246 e. The summed E-state index contributed by atoms with van der Waals surface area (Å²) in [5.74, 6) is 0.220. The van der Waals surface area contributed by atoms with Crippen LogP contribution in [0, 0.1) is 6.92 Å². The Morgan fingerprint density at radius 2 is 1.90 bits per heavy atom. The first-order valence-corrected chi connectivity index (χ1v) is 7.75. The van der Waals surface area contributed by atoms with Gasteiger partial charge in [-0.2, -0.15) is 0 Å². The van der Waals surface area contributed by atoms with Crippen molar-refractivity contribution >= 4 is 11.8 Å². The lowest BCUT2D eigenvalue weighted by Gasteiger charge is -2.46. The number of piperidine rings is 1. The van der Waals surface area contributed by atoms with Gasteiger partial charge in [-0.05, 0) is 44.2 Å². The average molecular weight is 286 g/mol. The zero-order valence-corrected chi connectivity index (χ0v) is 12.7. The van der Waals surface area contributed by atoms with E-state index in [1.54, 1.807) is 9.80 Å². The molecule has 4 nitrogen and oxygen atoms in total. The van der Waals surface area contributed by atoms with E-state index in [1.165, 1.54) is 0 Å². The van der Waals surface area contributed by atoms with E-state index in [9.17, 15) is 9.59 Å². The molecule has 0 aliphatic carbocycles. The highest BCUT2D eigenvalue weighted by Crippen LogP contribution is 2.27. The van der Waals surface area contributed by atoms with Gasteiger partial charge >= 0.3 is 0 Å². The summed E-state index contributed by atoms with van der Waals surface area (Å²) < 4.78 is 0. The van der Waals surface area contributed by atoms with Gasteiger partial charge in [0.25, 0.3) is 0 Å². The number of benzene rings is 1. The Labute approximate surface area is 125 Å². The summed E-state index contributed by atoms with van der Waals surface area (Å²) in [6.45, 7) is 5.16. The maximum Gasteiger partial charge on any atom is 0.246 e. The molecule has 2 aliphatic heterocycles. The number of aryl methyl sites for hydroxylation is 1. The van der Waals surface area contributed by atoms with E-state index < -0.39 is 0 Å². The van der Waals surface area contributed by atoms with Crippen LogP contribution < -0.4 is 0 Å². The van der Waals surface area contributed by atoms with Crippen molar-refractivity contribution in [3.8, 4) is 0 Å². The number of piperazine rings is 1. The van der Waals surface area contributed by atoms with E-state index in [0.717, 1.165) is 36.9 Å². The van der Waals surface area contributed by atoms with E-state index in [-0.39, 0.29) is 23.9 Å². The lowest BCUT2D eigenvalue weighted by Crippen LogP contribution is -2.64. The molecule has 2 heterocycles. The van der Waals surface area contributed by atoms with Crippen molar-refractivity contribution in [2.45, 2.75) is 51.7 Å². The van der Waals surface area contributed by atoms with Gasteiger partial charge < -0.3 is 9.80 Å². The third-order valence-corrected chi connectivity index (χ3v) is 4.78. The number of amides is 2. The molecule has 0 aromatic heterocycles. The van der Waals surface area contributed by atoms with Crippen molar-refractivity contribution in [1.82, 2.24) is 9.80 Å². The second-order valence-corrected chi connectivity index (χ2v) is 6.11. The minimum atomic E-state index is -0.355. The van der Waals surface area contributed by atoms with Gasteiger partial charge in [-0.25, -0.2) is 0 Å². The van der Waals surface area contributed by atoms with E-state index in [1.807, 2.05) is 38.1 Å². The Bertz CT molecular complexity index is 570. The van der Waals surface area contributed by atoms with Crippen LogP contribution in [-0.4, -0.2) is 40.2 Å². The van der Waals surface area contributed by atoms with Gasteiger partial charge in [0.1, 0.15) is 12.1 Å². The van der Waals surface area contributed by atoms with Crippen LogP contribution in [0.2, 0.25) is 0 Å². The Morgan fingerprint density at radius 1 is 1.14 bits per heavy atom. The van der Waals surface area contributed by atoms with Gasteiger partial charge in [-0.15, -0.1) is 0 Å². The van der Waals surface area contributed by atoms with Crippen LogP contribution in [0.3, 0.4) is 0 Å². The second kappa shape index (κ2) is 5.51. The van der Waals surface area contributed by atoms with Gasteiger partial charge in [0.15, 0.2) is 0 Å². The summed E-state index contributed by atoms with van der Waals surface area (Å²) >= 11 is 0. The van der Waals surface area contributed by atoms with Gasteiger partial charge in [0, 0.05) is 13.1 Å². The molecule has 2 fully saturated rings. The fraction of sp³-hybridized carbons (Fsp3) is 0.529.